The molecule has 1 aliphatic carbocycles. The third kappa shape index (κ3) is 2.71. The molecule has 1 heterocycles. The zero-order valence-corrected chi connectivity index (χ0v) is 14.9. The molecule has 2 atom stereocenters. The van der Waals surface area contributed by atoms with Crippen molar-refractivity contribution in [3.05, 3.63) is 65.7 Å². The van der Waals surface area contributed by atoms with Crippen LogP contribution in [0.1, 0.15) is 24.0 Å². The van der Waals surface area contributed by atoms with E-state index in [9.17, 15) is 9.59 Å². The van der Waals surface area contributed by atoms with Gasteiger partial charge in [0.2, 0.25) is 11.8 Å². The molecule has 1 fully saturated rings. The van der Waals surface area contributed by atoms with Crippen molar-refractivity contribution >= 4 is 17.5 Å². The number of nitrogens with zero attached hydrogens (tertiary/aromatic N) is 1. The SMILES string of the molecule is Cc1cccc(C)c1Oc1ccc(N2C(=O)[C@@H]3CC=CC[C@H]3C2=O)cc1. The Morgan fingerprint density at radius 2 is 1.38 bits per heavy atom. The molecule has 2 aliphatic rings. The van der Waals surface area contributed by atoms with Crippen LogP contribution in [0, 0.1) is 25.7 Å². The molecule has 132 valence electrons. The van der Waals surface area contributed by atoms with Crippen LogP contribution >= 0.6 is 0 Å². The lowest BCUT2D eigenvalue weighted by molar-refractivity contribution is -0.122. The van der Waals surface area contributed by atoms with Crippen LogP contribution in [-0.4, -0.2) is 11.8 Å². The average Bonchev–Trinajstić information content (AvgIpc) is 2.90. The van der Waals surface area contributed by atoms with E-state index in [1.807, 2.05) is 56.3 Å². The highest BCUT2D eigenvalue weighted by Crippen LogP contribution is 2.38. The summed E-state index contributed by atoms with van der Waals surface area (Å²) in [5.41, 5.74) is 2.74. The molecule has 4 heteroatoms. The molecular weight excluding hydrogens is 326 g/mol. The maximum absolute atomic E-state index is 12.7. The molecule has 2 aromatic rings. The van der Waals surface area contributed by atoms with Crippen LogP contribution in [0.2, 0.25) is 0 Å². The summed E-state index contributed by atoms with van der Waals surface area (Å²) in [4.78, 5) is 26.7. The van der Waals surface area contributed by atoms with E-state index in [1.54, 1.807) is 12.1 Å². The Bertz CT molecular complexity index is 852. The minimum absolute atomic E-state index is 0.0900. The van der Waals surface area contributed by atoms with Crippen LogP contribution in [0.15, 0.2) is 54.6 Å². The van der Waals surface area contributed by atoms with E-state index in [4.69, 9.17) is 4.74 Å². The number of anilines is 1. The van der Waals surface area contributed by atoms with E-state index in [-0.39, 0.29) is 23.7 Å². The lowest BCUT2D eigenvalue weighted by Crippen LogP contribution is -2.30. The Morgan fingerprint density at radius 3 is 1.92 bits per heavy atom. The topological polar surface area (TPSA) is 46.6 Å². The number of amides is 2. The van der Waals surface area contributed by atoms with Crippen molar-refractivity contribution in [1.29, 1.82) is 0 Å². The maximum atomic E-state index is 12.7. The van der Waals surface area contributed by atoms with Crippen LogP contribution in [0.5, 0.6) is 11.5 Å². The number of aryl methyl sites for hydroxylation is 2. The van der Waals surface area contributed by atoms with Gasteiger partial charge < -0.3 is 4.74 Å². The van der Waals surface area contributed by atoms with Crippen LogP contribution in [0.25, 0.3) is 0 Å². The highest BCUT2D eigenvalue weighted by molar-refractivity contribution is 6.22. The van der Waals surface area contributed by atoms with E-state index in [2.05, 4.69) is 0 Å². The summed E-state index contributed by atoms with van der Waals surface area (Å²) in [6, 6.07) is 13.2. The van der Waals surface area contributed by atoms with E-state index in [0.717, 1.165) is 16.9 Å². The van der Waals surface area contributed by atoms with Crippen molar-refractivity contribution < 1.29 is 14.3 Å². The number of carbonyl (C=O) groups is 2. The molecule has 0 radical (unpaired) electrons. The minimum Gasteiger partial charge on any atom is -0.457 e. The molecule has 4 nitrogen and oxygen atoms in total. The third-order valence-corrected chi connectivity index (χ3v) is 5.23. The van der Waals surface area contributed by atoms with Gasteiger partial charge in [-0.1, -0.05) is 30.4 Å². The monoisotopic (exact) mass is 347 g/mol. The summed E-state index contributed by atoms with van der Waals surface area (Å²) in [6.45, 7) is 4.02. The summed E-state index contributed by atoms with van der Waals surface area (Å²) in [6.07, 6.45) is 5.30. The molecule has 2 amide bonds. The number of para-hydroxylation sites is 1. The fourth-order valence-corrected chi connectivity index (χ4v) is 3.80. The van der Waals surface area contributed by atoms with E-state index in [1.165, 1.54) is 4.90 Å². The minimum atomic E-state index is -0.210. The summed E-state index contributed by atoms with van der Waals surface area (Å²) < 4.78 is 6.01. The molecule has 0 N–H and O–H groups in total. The molecule has 1 saturated heterocycles. The number of hydrogen-bond donors (Lipinski definition) is 0. The first-order valence-electron chi connectivity index (χ1n) is 8.93. The Kier molecular flexibility index (Phi) is 4.11. The average molecular weight is 347 g/mol. The maximum Gasteiger partial charge on any atom is 0.238 e. The van der Waals surface area contributed by atoms with Gasteiger partial charge in [-0.3, -0.25) is 14.5 Å². The second-order valence-electron chi connectivity index (χ2n) is 6.98. The molecule has 0 bridgehead atoms. The van der Waals surface area contributed by atoms with Crippen LogP contribution in [-0.2, 0) is 9.59 Å². The quantitative estimate of drug-likeness (QED) is 0.604. The Balaban J connectivity index is 1.57. The van der Waals surface area contributed by atoms with E-state index >= 15 is 0 Å². The number of rotatable bonds is 3. The number of ether oxygens (including phenoxy) is 1. The van der Waals surface area contributed by atoms with Gasteiger partial charge in [0.1, 0.15) is 11.5 Å². The molecule has 2 aromatic carbocycles. The first-order valence-corrected chi connectivity index (χ1v) is 8.93. The normalized spacial score (nSPS) is 21.8. The summed E-state index contributed by atoms with van der Waals surface area (Å²) in [5, 5.41) is 0. The number of hydrogen-bond acceptors (Lipinski definition) is 3. The van der Waals surface area contributed by atoms with Gasteiger partial charge in [-0.25, -0.2) is 0 Å². The number of carbonyl (C=O) groups excluding carboxylic acids is 2. The highest BCUT2D eigenvalue weighted by Gasteiger charge is 2.47. The van der Waals surface area contributed by atoms with Crippen molar-refractivity contribution in [2.75, 3.05) is 4.90 Å². The van der Waals surface area contributed by atoms with Gasteiger partial charge in [-0.15, -0.1) is 0 Å². The first kappa shape index (κ1) is 16.6. The Labute approximate surface area is 153 Å². The second-order valence-corrected chi connectivity index (χ2v) is 6.98. The van der Waals surface area contributed by atoms with Crippen molar-refractivity contribution in [2.24, 2.45) is 11.8 Å². The molecular formula is C22H21NO3. The zero-order chi connectivity index (χ0) is 18.3. The number of allylic oxidation sites excluding steroid dienone is 2. The zero-order valence-electron chi connectivity index (χ0n) is 14.9. The van der Waals surface area contributed by atoms with Crippen LogP contribution < -0.4 is 9.64 Å². The summed E-state index contributed by atoms with van der Waals surface area (Å²) in [7, 11) is 0. The van der Waals surface area contributed by atoms with Gasteiger partial charge >= 0.3 is 0 Å². The third-order valence-electron chi connectivity index (χ3n) is 5.23. The molecule has 4 rings (SSSR count). The van der Waals surface area contributed by atoms with Gasteiger partial charge in [-0.2, -0.15) is 0 Å². The molecule has 0 spiro atoms. The molecule has 0 unspecified atom stereocenters. The van der Waals surface area contributed by atoms with Gasteiger partial charge in [-0.05, 0) is 62.1 Å². The summed E-state index contributed by atoms with van der Waals surface area (Å²) >= 11 is 0. The lowest BCUT2D eigenvalue weighted by atomic mass is 9.85. The van der Waals surface area contributed by atoms with Crippen LogP contribution in [0.4, 0.5) is 5.69 Å². The smallest absolute Gasteiger partial charge is 0.238 e. The number of imide groups is 1. The van der Waals surface area contributed by atoms with E-state index in [0.29, 0.717) is 24.3 Å². The van der Waals surface area contributed by atoms with Crippen molar-refractivity contribution in [3.8, 4) is 11.5 Å². The molecule has 26 heavy (non-hydrogen) atoms. The highest BCUT2D eigenvalue weighted by atomic mass is 16.5. The molecule has 0 saturated carbocycles. The fourth-order valence-electron chi connectivity index (χ4n) is 3.80. The lowest BCUT2D eigenvalue weighted by Gasteiger charge is -2.16. The van der Waals surface area contributed by atoms with Gasteiger partial charge in [0.15, 0.2) is 0 Å². The van der Waals surface area contributed by atoms with Gasteiger partial charge in [0.05, 0.1) is 17.5 Å². The van der Waals surface area contributed by atoms with Gasteiger partial charge in [0.25, 0.3) is 0 Å². The molecule has 1 aliphatic heterocycles. The second kappa shape index (κ2) is 6.45. The van der Waals surface area contributed by atoms with E-state index < -0.39 is 0 Å². The van der Waals surface area contributed by atoms with Crippen molar-refractivity contribution in [3.63, 3.8) is 0 Å². The van der Waals surface area contributed by atoms with Crippen LogP contribution in [0.3, 0.4) is 0 Å². The van der Waals surface area contributed by atoms with Crippen molar-refractivity contribution in [1.82, 2.24) is 0 Å². The number of fused-ring (bicyclic) bond motifs is 1. The van der Waals surface area contributed by atoms with Crippen molar-refractivity contribution in [2.45, 2.75) is 26.7 Å². The fraction of sp³-hybridized carbons (Fsp3) is 0.273. The van der Waals surface area contributed by atoms with Gasteiger partial charge in [0, 0.05) is 0 Å². The standard InChI is InChI=1S/C22H21NO3/c1-14-6-5-7-15(2)20(14)26-17-12-10-16(11-13-17)23-21(24)18-8-3-4-9-19(18)22(23)25/h3-7,10-13,18-19H,8-9H2,1-2H3/t18-,19-/m1/s1. The number of benzene rings is 2. The predicted octanol–water partition coefficient (Wildman–Crippen LogP) is 4.55. The Hall–Kier alpha value is -2.88. The largest absolute Gasteiger partial charge is 0.457 e. The molecule has 0 aromatic heterocycles. The Morgan fingerprint density at radius 1 is 0.846 bits per heavy atom. The summed E-state index contributed by atoms with van der Waals surface area (Å²) in [5.74, 6) is 0.923. The first-order chi connectivity index (χ1) is 12.6. The predicted molar refractivity (Wildman–Crippen MR) is 100 cm³/mol.